The van der Waals surface area contributed by atoms with Gasteiger partial charge in [-0.3, -0.25) is 0 Å². The van der Waals surface area contributed by atoms with E-state index in [1.54, 1.807) is 0 Å². The molecular weight excluding hydrogens is 279 g/mol. The van der Waals surface area contributed by atoms with Crippen molar-refractivity contribution in [3.63, 3.8) is 0 Å². The highest BCUT2D eigenvalue weighted by Gasteiger charge is 2.35. The largest absolute Gasteiger partial charge is 0.434 e. The highest BCUT2D eigenvalue weighted by molar-refractivity contribution is 7.09. The highest BCUT2D eigenvalue weighted by Crippen LogP contribution is 2.31. The van der Waals surface area contributed by atoms with Gasteiger partial charge in [0, 0.05) is 18.5 Å². The van der Waals surface area contributed by atoms with Gasteiger partial charge in [-0.1, -0.05) is 6.92 Å². The Morgan fingerprint density at radius 1 is 1.63 bits per heavy atom. The Hall–Kier alpha value is -1.31. The van der Waals surface area contributed by atoms with E-state index in [0.29, 0.717) is 5.92 Å². The molecule has 0 aromatic carbocycles. The molecular formula is C11H14F3N3OS. The van der Waals surface area contributed by atoms with Crippen LogP contribution in [0.3, 0.4) is 0 Å². The van der Waals surface area contributed by atoms with E-state index in [2.05, 4.69) is 10.3 Å². The number of amides is 2. The van der Waals surface area contributed by atoms with Gasteiger partial charge < -0.3 is 10.2 Å². The zero-order valence-electron chi connectivity index (χ0n) is 10.5. The number of carbonyl (C=O) groups is 1. The van der Waals surface area contributed by atoms with E-state index < -0.39 is 11.9 Å². The first-order chi connectivity index (χ1) is 8.77. The zero-order chi connectivity index (χ0) is 14.2. The molecule has 1 saturated carbocycles. The van der Waals surface area contributed by atoms with Gasteiger partial charge in [-0.25, -0.2) is 9.78 Å². The number of thiazole rings is 1. The summed E-state index contributed by atoms with van der Waals surface area (Å²) in [5, 5.41) is 4.04. The molecule has 0 radical (unpaired) electrons. The molecule has 1 N–H and O–H groups in total. The van der Waals surface area contributed by atoms with Gasteiger partial charge in [0.1, 0.15) is 5.01 Å². The van der Waals surface area contributed by atoms with Crippen molar-refractivity contribution in [1.82, 2.24) is 15.2 Å². The monoisotopic (exact) mass is 293 g/mol. The fourth-order valence-corrected chi connectivity index (χ4v) is 2.43. The fraction of sp³-hybridized carbons (Fsp3) is 0.636. The third kappa shape index (κ3) is 3.59. The summed E-state index contributed by atoms with van der Waals surface area (Å²) in [7, 11) is 1.54. The van der Waals surface area contributed by atoms with Crippen LogP contribution in [0.4, 0.5) is 18.0 Å². The van der Waals surface area contributed by atoms with E-state index in [1.807, 2.05) is 6.92 Å². The van der Waals surface area contributed by atoms with Crippen molar-refractivity contribution in [3.8, 4) is 0 Å². The molecule has 0 unspecified atom stereocenters. The van der Waals surface area contributed by atoms with Crippen LogP contribution in [0, 0.1) is 5.92 Å². The van der Waals surface area contributed by atoms with Crippen LogP contribution in [-0.4, -0.2) is 29.0 Å². The summed E-state index contributed by atoms with van der Waals surface area (Å²) in [5.41, 5.74) is -0.905. The first-order valence-corrected chi connectivity index (χ1v) is 6.68. The number of carbonyl (C=O) groups excluding carboxylic acids is 1. The SMILES string of the molecule is C[C@@H]1C[C@H]1NC(=O)N(C)Cc1nc(C(F)(F)F)cs1. The Bertz CT molecular complexity index is 474. The number of hydrogen-bond acceptors (Lipinski definition) is 3. The average molecular weight is 293 g/mol. The van der Waals surface area contributed by atoms with Crippen LogP contribution in [0.2, 0.25) is 0 Å². The van der Waals surface area contributed by atoms with Crippen molar-refractivity contribution >= 4 is 17.4 Å². The third-order valence-corrected chi connectivity index (χ3v) is 3.81. The van der Waals surface area contributed by atoms with E-state index in [9.17, 15) is 18.0 Å². The maximum Gasteiger partial charge on any atom is 0.434 e. The normalized spacial score (nSPS) is 22.2. The summed E-state index contributed by atoms with van der Waals surface area (Å²) in [6.07, 6.45) is -3.48. The van der Waals surface area contributed by atoms with Gasteiger partial charge in [0.25, 0.3) is 0 Å². The lowest BCUT2D eigenvalue weighted by atomic mass is 10.5. The summed E-state index contributed by atoms with van der Waals surface area (Å²) in [6.45, 7) is 2.11. The van der Waals surface area contributed by atoms with E-state index in [4.69, 9.17) is 0 Å². The van der Waals surface area contributed by atoms with Gasteiger partial charge in [-0.2, -0.15) is 13.2 Å². The molecule has 2 rings (SSSR count). The summed E-state index contributed by atoms with van der Waals surface area (Å²) >= 11 is 0.904. The number of halogens is 3. The molecule has 0 saturated heterocycles. The number of aromatic nitrogens is 1. The fourth-order valence-electron chi connectivity index (χ4n) is 1.58. The van der Waals surface area contributed by atoms with E-state index in [-0.39, 0.29) is 23.6 Å². The minimum absolute atomic E-state index is 0.0771. The van der Waals surface area contributed by atoms with Crippen molar-refractivity contribution in [3.05, 3.63) is 16.1 Å². The summed E-state index contributed by atoms with van der Waals surface area (Å²) in [6, 6.07) is -0.0879. The van der Waals surface area contributed by atoms with Gasteiger partial charge >= 0.3 is 12.2 Å². The molecule has 0 bridgehead atoms. The van der Waals surface area contributed by atoms with Gasteiger partial charge in [-0.05, 0) is 12.3 Å². The van der Waals surface area contributed by atoms with E-state index in [0.717, 1.165) is 23.1 Å². The number of nitrogens with zero attached hydrogens (tertiary/aromatic N) is 2. The molecule has 19 heavy (non-hydrogen) atoms. The van der Waals surface area contributed by atoms with Crippen molar-refractivity contribution < 1.29 is 18.0 Å². The van der Waals surface area contributed by atoms with Crippen LogP contribution < -0.4 is 5.32 Å². The van der Waals surface area contributed by atoms with Gasteiger partial charge in [0.05, 0.1) is 6.54 Å². The molecule has 2 amide bonds. The molecule has 106 valence electrons. The van der Waals surface area contributed by atoms with Gasteiger partial charge in [0.15, 0.2) is 5.69 Å². The Kier molecular flexibility index (Phi) is 3.71. The van der Waals surface area contributed by atoms with E-state index in [1.165, 1.54) is 11.9 Å². The second kappa shape index (κ2) is 4.99. The van der Waals surface area contributed by atoms with Gasteiger partial charge in [0.2, 0.25) is 0 Å². The minimum atomic E-state index is -4.43. The van der Waals surface area contributed by atoms with Crippen LogP contribution in [0.15, 0.2) is 5.38 Å². The van der Waals surface area contributed by atoms with Crippen molar-refractivity contribution in [2.45, 2.75) is 32.1 Å². The number of urea groups is 1. The van der Waals surface area contributed by atoms with Crippen molar-refractivity contribution in [2.75, 3.05) is 7.05 Å². The zero-order valence-corrected chi connectivity index (χ0v) is 11.3. The lowest BCUT2D eigenvalue weighted by molar-refractivity contribution is -0.140. The Morgan fingerprint density at radius 3 is 2.74 bits per heavy atom. The molecule has 1 aromatic rings. The smallest absolute Gasteiger partial charge is 0.335 e. The van der Waals surface area contributed by atoms with Crippen LogP contribution in [0.25, 0.3) is 0 Å². The molecule has 0 aliphatic heterocycles. The van der Waals surface area contributed by atoms with Crippen LogP contribution in [0.5, 0.6) is 0 Å². The predicted molar refractivity (Wildman–Crippen MR) is 64.7 cm³/mol. The maximum atomic E-state index is 12.4. The Balaban J connectivity index is 1.89. The van der Waals surface area contributed by atoms with Gasteiger partial charge in [-0.15, -0.1) is 11.3 Å². The summed E-state index contributed by atoms with van der Waals surface area (Å²) in [5.74, 6) is 0.481. The molecule has 2 atom stereocenters. The topological polar surface area (TPSA) is 45.2 Å². The molecule has 1 aliphatic carbocycles. The molecule has 1 fully saturated rings. The molecule has 1 heterocycles. The summed E-state index contributed by atoms with van der Waals surface area (Å²) < 4.78 is 37.1. The quantitative estimate of drug-likeness (QED) is 0.931. The number of alkyl halides is 3. The molecule has 8 heteroatoms. The first-order valence-electron chi connectivity index (χ1n) is 5.80. The third-order valence-electron chi connectivity index (χ3n) is 2.98. The molecule has 1 aliphatic rings. The maximum absolute atomic E-state index is 12.4. The molecule has 4 nitrogen and oxygen atoms in total. The average Bonchev–Trinajstić information content (AvgIpc) is 2.78. The standard InChI is InChI=1S/C11H14F3N3OS/c1-6-3-7(6)15-10(18)17(2)4-9-16-8(5-19-9)11(12,13)14/h5-7H,3-4H2,1-2H3,(H,15,18)/t6-,7-/m1/s1. The van der Waals surface area contributed by atoms with Crippen LogP contribution >= 0.6 is 11.3 Å². The Labute approximate surface area is 112 Å². The number of nitrogens with one attached hydrogen (secondary N) is 1. The summed E-state index contributed by atoms with van der Waals surface area (Å²) in [4.78, 5) is 16.5. The first kappa shape index (κ1) is 14.1. The number of rotatable bonds is 3. The highest BCUT2D eigenvalue weighted by atomic mass is 32.1. The lowest BCUT2D eigenvalue weighted by Crippen LogP contribution is -2.38. The van der Waals surface area contributed by atoms with Crippen molar-refractivity contribution in [1.29, 1.82) is 0 Å². The van der Waals surface area contributed by atoms with Crippen LogP contribution in [-0.2, 0) is 12.7 Å². The second-order valence-corrected chi connectivity index (χ2v) is 5.69. The lowest BCUT2D eigenvalue weighted by Gasteiger charge is -2.16. The van der Waals surface area contributed by atoms with E-state index >= 15 is 0 Å². The molecule has 0 spiro atoms. The second-order valence-electron chi connectivity index (χ2n) is 4.75. The molecule has 1 aromatic heterocycles. The predicted octanol–water partition coefficient (Wildman–Crippen LogP) is 2.71. The number of hydrogen-bond donors (Lipinski definition) is 1. The van der Waals surface area contributed by atoms with Crippen molar-refractivity contribution in [2.24, 2.45) is 5.92 Å². The van der Waals surface area contributed by atoms with Crippen LogP contribution in [0.1, 0.15) is 24.0 Å². The Morgan fingerprint density at radius 2 is 2.26 bits per heavy atom. The minimum Gasteiger partial charge on any atom is -0.335 e.